The maximum atomic E-state index is 13.5. The van der Waals surface area contributed by atoms with Crippen LogP contribution in [0.3, 0.4) is 0 Å². The number of hydrogen-bond donors (Lipinski definition) is 3. The third-order valence-electron chi connectivity index (χ3n) is 8.80. The van der Waals surface area contributed by atoms with Gasteiger partial charge < -0.3 is 26.2 Å². The lowest BCUT2D eigenvalue weighted by molar-refractivity contribution is -0.130. The van der Waals surface area contributed by atoms with E-state index < -0.39 is 0 Å². The number of piperazine rings is 1. The van der Waals surface area contributed by atoms with Crippen LogP contribution in [-0.4, -0.2) is 60.9 Å². The number of nitrogens with zero attached hydrogens (tertiary/aromatic N) is 2. The van der Waals surface area contributed by atoms with Crippen molar-refractivity contribution < 1.29 is 14.4 Å². The Kier molecular flexibility index (Phi) is 9.69. The van der Waals surface area contributed by atoms with Crippen LogP contribution < -0.4 is 21.3 Å². The molecule has 0 aromatic heterocycles. The Morgan fingerprint density at radius 1 is 0.795 bits per heavy atom. The third kappa shape index (κ3) is 7.85. The van der Waals surface area contributed by atoms with Gasteiger partial charge in [0.15, 0.2) is 0 Å². The molecule has 44 heavy (non-hydrogen) atoms. The second-order valence-electron chi connectivity index (χ2n) is 13.1. The minimum atomic E-state index is -0.234. The van der Waals surface area contributed by atoms with Crippen LogP contribution in [0.2, 0.25) is 0 Å². The molecule has 4 N–H and O–H groups in total. The van der Waals surface area contributed by atoms with E-state index in [2.05, 4.69) is 36.3 Å². The first kappa shape index (κ1) is 31.3. The van der Waals surface area contributed by atoms with Gasteiger partial charge in [-0.1, -0.05) is 63.2 Å². The molecule has 8 nitrogen and oxygen atoms in total. The Balaban J connectivity index is 1.32. The van der Waals surface area contributed by atoms with Crippen molar-refractivity contribution in [2.75, 3.05) is 36.4 Å². The minimum absolute atomic E-state index is 0.0160. The van der Waals surface area contributed by atoms with E-state index in [1.165, 1.54) is 0 Å². The molecule has 1 heterocycles. The Morgan fingerprint density at radius 2 is 1.43 bits per heavy atom. The van der Waals surface area contributed by atoms with Crippen LogP contribution >= 0.6 is 0 Å². The van der Waals surface area contributed by atoms with Gasteiger partial charge >= 0.3 is 0 Å². The lowest BCUT2D eigenvalue weighted by Gasteiger charge is -2.37. The molecule has 3 amide bonds. The summed E-state index contributed by atoms with van der Waals surface area (Å²) in [7, 11) is 0. The van der Waals surface area contributed by atoms with Crippen LogP contribution in [0.15, 0.2) is 72.8 Å². The molecule has 5 rings (SSSR count). The number of carbonyl (C=O) groups is 3. The van der Waals surface area contributed by atoms with Crippen molar-refractivity contribution in [2.24, 2.45) is 5.73 Å². The zero-order chi connectivity index (χ0) is 31.3. The average molecular weight is 596 g/mol. The van der Waals surface area contributed by atoms with Crippen LogP contribution in [0.25, 0.3) is 0 Å². The molecule has 2 aliphatic rings. The first-order valence-electron chi connectivity index (χ1n) is 15.8. The summed E-state index contributed by atoms with van der Waals surface area (Å²) < 4.78 is 0. The van der Waals surface area contributed by atoms with Crippen LogP contribution in [0, 0.1) is 0 Å². The molecule has 1 saturated heterocycles. The SMILES string of the molecule is CC(C)(C)c1ccc(C(=O)Nc2cc(C(=O)NC3CCC(N)CC3)ccc2N2CCN(C(=O)Cc3ccccc3)CC2)cc1. The predicted molar refractivity (Wildman–Crippen MR) is 176 cm³/mol. The van der Waals surface area contributed by atoms with Crippen molar-refractivity contribution in [1.29, 1.82) is 0 Å². The molecule has 3 aromatic carbocycles. The number of rotatable bonds is 7. The number of benzene rings is 3. The van der Waals surface area contributed by atoms with Crippen molar-refractivity contribution in [3.8, 4) is 0 Å². The topological polar surface area (TPSA) is 108 Å². The molecule has 1 aliphatic carbocycles. The van der Waals surface area contributed by atoms with Gasteiger partial charge in [0.1, 0.15) is 0 Å². The Hall–Kier alpha value is -4.17. The summed E-state index contributed by atoms with van der Waals surface area (Å²) in [5, 5.41) is 6.26. The summed E-state index contributed by atoms with van der Waals surface area (Å²) in [5.74, 6) is -0.278. The van der Waals surface area contributed by atoms with Gasteiger partial charge in [0.2, 0.25) is 5.91 Å². The number of nitrogens with two attached hydrogens (primary N) is 1. The highest BCUT2D eigenvalue weighted by molar-refractivity contribution is 6.07. The van der Waals surface area contributed by atoms with Crippen molar-refractivity contribution in [3.63, 3.8) is 0 Å². The molecular weight excluding hydrogens is 550 g/mol. The molecule has 232 valence electrons. The largest absolute Gasteiger partial charge is 0.366 e. The van der Waals surface area contributed by atoms with E-state index in [0.29, 0.717) is 49.4 Å². The zero-order valence-corrected chi connectivity index (χ0v) is 26.1. The van der Waals surface area contributed by atoms with Crippen molar-refractivity contribution in [1.82, 2.24) is 10.2 Å². The number of amides is 3. The smallest absolute Gasteiger partial charge is 0.255 e. The van der Waals surface area contributed by atoms with Crippen LogP contribution in [-0.2, 0) is 16.6 Å². The molecule has 0 spiro atoms. The van der Waals surface area contributed by atoms with E-state index in [9.17, 15) is 14.4 Å². The summed E-state index contributed by atoms with van der Waals surface area (Å²) in [5.41, 5.74) is 10.7. The zero-order valence-electron chi connectivity index (χ0n) is 26.1. The molecule has 2 fully saturated rings. The highest BCUT2D eigenvalue weighted by atomic mass is 16.2. The van der Waals surface area contributed by atoms with E-state index in [-0.39, 0.29) is 35.2 Å². The summed E-state index contributed by atoms with van der Waals surface area (Å²) in [6.45, 7) is 8.83. The third-order valence-corrected chi connectivity index (χ3v) is 8.80. The van der Waals surface area contributed by atoms with Gasteiger partial charge in [-0.05, 0) is 72.6 Å². The second-order valence-corrected chi connectivity index (χ2v) is 13.1. The molecule has 0 unspecified atom stereocenters. The summed E-state index contributed by atoms with van der Waals surface area (Å²) in [6, 6.07) is 23.3. The Morgan fingerprint density at radius 3 is 2.07 bits per heavy atom. The van der Waals surface area contributed by atoms with Crippen LogP contribution in [0.4, 0.5) is 11.4 Å². The first-order chi connectivity index (χ1) is 21.1. The molecule has 0 atom stereocenters. The second kappa shape index (κ2) is 13.6. The highest BCUT2D eigenvalue weighted by Gasteiger charge is 2.25. The molecule has 1 saturated carbocycles. The lowest BCUT2D eigenvalue weighted by atomic mass is 9.86. The monoisotopic (exact) mass is 595 g/mol. The van der Waals surface area contributed by atoms with Crippen LogP contribution in [0.5, 0.6) is 0 Å². The first-order valence-corrected chi connectivity index (χ1v) is 15.8. The van der Waals surface area contributed by atoms with Crippen molar-refractivity contribution >= 4 is 29.1 Å². The van der Waals surface area contributed by atoms with E-state index >= 15 is 0 Å². The van der Waals surface area contributed by atoms with E-state index in [1.807, 2.05) is 71.6 Å². The fraction of sp³-hybridized carbons (Fsp3) is 0.417. The van der Waals surface area contributed by atoms with Crippen LogP contribution in [0.1, 0.15) is 78.3 Å². The molecule has 3 aromatic rings. The number of nitrogens with one attached hydrogen (secondary N) is 2. The molecule has 0 bridgehead atoms. The van der Waals surface area contributed by atoms with Crippen molar-refractivity contribution in [2.45, 2.75) is 70.4 Å². The highest BCUT2D eigenvalue weighted by Crippen LogP contribution is 2.30. The van der Waals surface area contributed by atoms with E-state index in [1.54, 1.807) is 6.07 Å². The average Bonchev–Trinajstić information content (AvgIpc) is 3.02. The number of hydrogen-bond acceptors (Lipinski definition) is 5. The van der Waals surface area contributed by atoms with Gasteiger partial charge in [-0.2, -0.15) is 0 Å². The Bertz CT molecular complexity index is 1450. The summed E-state index contributed by atoms with van der Waals surface area (Å²) in [6.07, 6.45) is 3.92. The molecular formula is C36H45N5O3. The maximum Gasteiger partial charge on any atom is 0.255 e. The van der Waals surface area contributed by atoms with E-state index in [4.69, 9.17) is 5.73 Å². The quantitative estimate of drug-likeness (QED) is 0.351. The van der Waals surface area contributed by atoms with Crippen molar-refractivity contribution in [3.05, 3.63) is 95.1 Å². The van der Waals surface area contributed by atoms with Gasteiger partial charge in [-0.15, -0.1) is 0 Å². The number of carbonyl (C=O) groups excluding carboxylic acids is 3. The molecule has 0 radical (unpaired) electrons. The molecule has 8 heteroatoms. The normalized spacial score (nSPS) is 18.9. The number of anilines is 2. The molecule has 1 aliphatic heterocycles. The van der Waals surface area contributed by atoms with Gasteiger partial charge in [0.25, 0.3) is 11.8 Å². The van der Waals surface area contributed by atoms with E-state index in [0.717, 1.165) is 42.5 Å². The summed E-state index contributed by atoms with van der Waals surface area (Å²) in [4.78, 5) is 43.8. The fourth-order valence-corrected chi connectivity index (χ4v) is 5.98. The standard InChI is InChI=1S/C36H45N5O3/c1-36(2,3)28-12-9-26(10-13-28)34(43)39-31-24-27(35(44)38-30-16-14-29(37)15-17-30)11-18-32(31)40-19-21-41(22-20-40)33(42)23-25-7-5-4-6-8-25/h4-13,18,24,29-30H,14-17,19-23,37H2,1-3H3,(H,38,44)(H,39,43). The lowest BCUT2D eigenvalue weighted by Crippen LogP contribution is -2.49. The Labute approximate surface area is 261 Å². The van der Waals surface area contributed by atoms with Gasteiger partial charge in [0.05, 0.1) is 17.8 Å². The summed E-state index contributed by atoms with van der Waals surface area (Å²) >= 11 is 0. The minimum Gasteiger partial charge on any atom is -0.366 e. The van der Waals surface area contributed by atoms with Gasteiger partial charge in [-0.3, -0.25) is 14.4 Å². The van der Waals surface area contributed by atoms with Gasteiger partial charge in [0, 0.05) is 49.4 Å². The fourth-order valence-electron chi connectivity index (χ4n) is 5.98. The van der Waals surface area contributed by atoms with Gasteiger partial charge in [-0.25, -0.2) is 0 Å². The maximum absolute atomic E-state index is 13.5. The predicted octanol–water partition coefficient (Wildman–Crippen LogP) is 5.13.